The van der Waals surface area contributed by atoms with Gasteiger partial charge in [-0.2, -0.15) is 11.3 Å². The van der Waals surface area contributed by atoms with Gasteiger partial charge in [0.1, 0.15) is 0 Å². The van der Waals surface area contributed by atoms with Crippen LogP contribution in [0.4, 0.5) is 4.79 Å². The fraction of sp³-hybridized carbons (Fsp3) is 0.286. The molecule has 144 valence electrons. The second-order valence-electron chi connectivity index (χ2n) is 6.56. The van der Waals surface area contributed by atoms with Crippen molar-refractivity contribution in [2.24, 2.45) is 0 Å². The molecule has 1 aliphatic rings. The second kappa shape index (κ2) is 7.98. The number of aromatic nitrogens is 1. The van der Waals surface area contributed by atoms with Crippen molar-refractivity contribution in [2.75, 3.05) is 32.8 Å². The van der Waals surface area contributed by atoms with E-state index in [1.54, 1.807) is 28.1 Å². The van der Waals surface area contributed by atoms with Gasteiger partial charge in [-0.1, -0.05) is 18.2 Å². The molecule has 1 aromatic carbocycles. The number of piperazine rings is 1. The predicted octanol–water partition coefficient (Wildman–Crippen LogP) is 3.88. The van der Waals surface area contributed by atoms with Gasteiger partial charge >= 0.3 is 6.09 Å². The molecule has 2 amide bonds. The average molecular weight is 395 g/mol. The number of ether oxygens (including phenoxy) is 1. The highest BCUT2D eigenvalue weighted by Gasteiger charge is 2.27. The van der Waals surface area contributed by atoms with Crippen LogP contribution in [0.3, 0.4) is 0 Å². The molecule has 0 atom stereocenters. The van der Waals surface area contributed by atoms with E-state index in [2.05, 4.69) is 0 Å². The number of fused-ring (bicyclic) bond motifs is 1. The van der Waals surface area contributed by atoms with Crippen LogP contribution in [0.1, 0.15) is 17.3 Å². The molecule has 2 aromatic heterocycles. The number of para-hydroxylation sites is 1. The summed E-state index contributed by atoms with van der Waals surface area (Å²) in [5.74, 6) is -0.0291. The Morgan fingerprint density at radius 1 is 1.11 bits per heavy atom. The summed E-state index contributed by atoms with van der Waals surface area (Å²) in [7, 11) is 0. The maximum atomic E-state index is 13.3. The molecule has 0 spiro atoms. The normalized spacial score (nSPS) is 14.3. The third-order valence-corrected chi connectivity index (χ3v) is 5.54. The standard InChI is InChI=1S/C21H21N3O3S/c1-2-27-21(26)24-10-8-23(9-11-24)20(25)17-13-19(15-7-12-28-14-15)22-18-6-4-3-5-16(17)18/h3-7,12-14H,2,8-11H2,1H3. The SMILES string of the molecule is CCOC(=O)N1CCN(C(=O)c2cc(-c3ccsc3)nc3ccccc23)CC1. The van der Waals surface area contributed by atoms with Crippen LogP contribution in [0.2, 0.25) is 0 Å². The molecule has 0 N–H and O–H groups in total. The zero-order chi connectivity index (χ0) is 19.5. The number of benzene rings is 1. The Labute approximate surface area is 167 Å². The Bertz CT molecular complexity index is 995. The van der Waals surface area contributed by atoms with E-state index in [0.29, 0.717) is 38.3 Å². The maximum absolute atomic E-state index is 13.3. The van der Waals surface area contributed by atoms with Crippen LogP contribution in [0.5, 0.6) is 0 Å². The zero-order valence-electron chi connectivity index (χ0n) is 15.6. The van der Waals surface area contributed by atoms with Crippen molar-refractivity contribution >= 4 is 34.2 Å². The van der Waals surface area contributed by atoms with E-state index in [-0.39, 0.29) is 12.0 Å². The highest BCUT2D eigenvalue weighted by atomic mass is 32.1. The van der Waals surface area contributed by atoms with Gasteiger partial charge in [0, 0.05) is 42.5 Å². The van der Waals surface area contributed by atoms with E-state index in [1.807, 2.05) is 47.2 Å². The molecule has 7 heteroatoms. The van der Waals surface area contributed by atoms with Crippen LogP contribution in [-0.2, 0) is 4.74 Å². The first kappa shape index (κ1) is 18.4. The number of rotatable bonds is 3. The van der Waals surface area contributed by atoms with Crippen molar-refractivity contribution in [3.05, 3.63) is 52.7 Å². The monoisotopic (exact) mass is 395 g/mol. The minimum Gasteiger partial charge on any atom is -0.450 e. The Kier molecular flexibility index (Phi) is 5.25. The smallest absolute Gasteiger partial charge is 0.409 e. The van der Waals surface area contributed by atoms with E-state index in [1.165, 1.54) is 0 Å². The molecule has 1 fully saturated rings. The summed E-state index contributed by atoms with van der Waals surface area (Å²) in [6.07, 6.45) is -0.316. The lowest BCUT2D eigenvalue weighted by atomic mass is 10.0. The highest BCUT2D eigenvalue weighted by Crippen LogP contribution is 2.27. The molecule has 6 nitrogen and oxygen atoms in total. The van der Waals surface area contributed by atoms with E-state index < -0.39 is 0 Å². The molecule has 0 radical (unpaired) electrons. The van der Waals surface area contributed by atoms with Crippen molar-refractivity contribution < 1.29 is 14.3 Å². The summed E-state index contributed by atoms with van der Waals surface area (Å²) in [6.45, 7) is 4.07. The number of pyridine rings is 1. The van der Waals surface area contributed by atoms with Crippen LogP contribution in [0, 0.1) is 0 Å². The fourth-order valence-electron chi connectivity index (χ4n) is 3.39. The Morgan fingerprint density at radius 3 is 2.57 bits per heavy atom. The van der Waals surface area contributed by atoms with Gasteiger partial charge in [0.2, 0.25) is 0 Å². The Balaban J connectivity index is 1.62. The molecule has 0 bridgehead atoms. The predicted molar refractivity (Wildman–Crippen MR) is 110 cm³/mol. The minimum absolute atomic E-state index is 0.0291. The lowest BCUT2D eigenvalue weighted by Crippen LogP contribution is -2.50. The van der Waals surface area contributed by atoms with Crippen LogP contribution in [-0.4, -0.2) is 59.6 Å². The lowest BCUT2D eigenvalue weighted by Gasteiger charge is -2.34. The summed E-state index contributed by atoms with van der Waals surface area (Å²) in [6, 6.07) is 11.6. The van der Waals surface area contributed by atoms with Gasteiger partial charge in [0.25, 0.3) is 5.91 Å². The Morgan fingerprint density at radius 2 is 1.86 bits per heavy atom. The summed E-state index contributed by atoms with van der Waals surface area (Å²) in [5.41, 5.74) is 3.27. The number of carbonyl (C=O) groups is 2. The number of nitrogens with zero attached hydrogens (tertiary/aromatic N) is 3. The van der Waals surface area contributed by atoms with Gasteiger partial charge in [-0.05, 0) is 30.5 Å². The zero-order valence-corrected chi connectivity index (χ0v) is 16.4. The largest absolute Gasteiger partial charge is 0.450 e. The molecule has 0 aliphatic carbocycles. The molecule has 3 aromatic rings. The molecule has 1 aliphatic heterocycles. The highest BCUT2D eigenvalue weighted by molar-refractivity contribution is 7.08. The molecule has 4 rings (SSSR count). The molecule has 0 unspecified atom stereocenters. The summed E-state index contributed by atoms with van der Waals surface area (Å²) < 4.78 is 5.05. The third-order valence-electron chi connectivity index (χ3n) is 4.86. The first-order chi connectivity index (χ1) is 13.7. The third kappa shape index (κ3) is 3.57. The van der Waals surface area contributed by atoms with E-state index in [9.17, 15) is 9.59 Å². The van der Waals surface area contributed by atoms with Crippen molar-refractivity contribution in [3.8, 4) is 11.3 Å². The lowest BCUT2D eigenvalue weighted by molar-refractivity contribution is 0.0572. The van der Waals surface area contributed by atoms with E-state index >= 15 is 0 Å². The number of amides is 2. The number of carbonyl (C=O) groups excluding carboxylic acids is 2. The van der Waals surface area contributed by atoms with Crippen LogP contribution >= 0.6 is 11.3 Å². The molecule has 0 saturated carbocycles. The summed E-state index contributed by atoms with van der Waals surface area (Å²) in [5, 5.41) is 4.88. The van der Waals surface area contributed by atoms with Crippen molar-refractivity contribution in [2.45, 2.75) is 6.92 Å². The van der Waals surface area contributed by atoms with Gasteiger partial charge < -0.3 is 14.5 Å². The van der Waals surface area contributed by atoms with Crippen molar-refractivity contribution in [1.29, 1.82) is 0 Å². The topological polar surface area (TPSA) is 62.7 Å². The van der Waals surface area contributed by atoms with Crippen LogP contribution in [0.15, 0.2) is 47.2 Å². The molecular weight excluding hydrogens is 374 g/mol. The minimum atomic E-state index is -0.316. The van der Waals surface area contributed by atoms with Crippen molar-refractivity contribution in [3.63, 3.8) is 0 Å². The van der Waals surface area contributed by atoms with Gasteiger partial charge in [-0.25, -0.2) is 9.78 Å². The molecule has 28 heavy (non-hydrogen) atoms. The molecule has 3 heterocycles. The molecular formula is C21H21N3O3S. The number of hydrogen-bond acceptors (Lipinski definition) is 5. The van der Waals surface area contributed by atoms with Crippen LogP contribution in [0.25, 0.3) is 22.2 Å². The average Bonchev–Trinajstić information content (AvgIpc) is 3.28. The quantitative estimate of drug-likeness (QED) is 0.675. The summed E-state index contributed by atoms with van der Waals surface area (Å²) in [4.78, 5) is 33.4. The van der Waals surface area contributed by atoms with Gasteiger partial charge in [0.15, 0.2) is 0 Å². The number of thiophene rings is 1. The first-order valence-corrected chi connectivity index (χ1v) is 10.2. The maximum Gasteiger partial charge on any atom is 0.409 e. The van der Waals surface area contributed by atoms with Crippen LogP contribution < -0.4 is 0 Å². The first-order valence-electron chi connectivity index (χ1n) is 9.30. The van der Waals surface area contributed by atoms with Gasteiger partial charge in [-0.15, -0.1) is 0 Å². The van der Waals surface area contributed by atoms with E-state index in [0.717, 1.165) is 22.2 Å². The molecule has 1 saturated heterocycles. The summed E-state index contributed by atoms with van der Waals surface area (Å²) >= 11 is 1.60. The fourth-order valence-corrected chi connectivity index (χ4v) is 4.04. The van der Waals surface area contributed by atoms with Crippen molar-refractivity contribution in [1.82, 2.24) is 14.8 Å². The van der Waals surface area contributed by atoms with E-state index in [4.69, 9.17) is 9.72 Å². The van der Waals surface area contributed by atoms with Gasteiger partial charge in [0.05, 0.1) is 23.4 Å². The second-order valence-corrected chi connectivity index (χ2v) is 7.34. The van der Waals surface area contributed by atoms with Gasteiger partial charge in [-0.3, -0.25) is 4.79 Å². The Hall–Kier alpha value is -2.93. The number of hydrogen-bond donors (Lipinski definition) is 0.